The molecule has 0 amide bonds. The Kier molecular flexibility index (Phi) is 3.21. The predicted molar refractivity (Wildman–Crippen MR) is 72.3 cm³/mol. The number of para-hydroxylation sites is 1. The molecule has 0 aromatic heterocycles. The van der Waals surface area contributed by atoms with Gasteiger partial charge in [-0.1, -0.05) is 12.1 Å². The second kappa shape index (κ2) is 5.17. The zero-order chi connectivity index (χ0) is 13.9. The van der Waals surface area contributed by atoms with E-state index >= 15 is 0 Å². The van der Waals surface area contributed by atoms with Crippen molar-refractivity contribution >= 4 is 11.9 Å². The number of ketones is 1. The van der Waals surface area contributed by atoms with Gasteiger partial charge in [-0.05, 0) is 42.5 Å². The summed E-state index contributed by atoms with van der Waals surface area (Å²) in [5.74, 6) is 0.746. The maximum Gasteiger partial charge on any atom is 0.231 e. The molecule has 0 unspecified atom stereocenters. The minimum absolute atomic E-state index is 0.187. The molecular weight excluding hydrogens is 259 g/mol. The maximum absolute atomic E-state index is 12.8. The van der Waals surface area contributed by atoms with Gasteiger partial charge in [0.15, 0.2) is 17.3 Å². The summed E-state index contributed by atoms with van der Waals surface area (Å²) in [6, 6.07) is 10.9. The summed E-state index contributed by atoms with van der Waals surface area (Å²) in [4.78, 5) is 11.9. The van der Waals surface area contributed by atoms with Gasteiger partial charge in [-0.25, -0.2) is 4.39 Å². The molecule has 3 rings (SSSR count). The van der Waals surface area contributed by atoms with Gasteiger partial charge in [0, 0.05) is 11.1 Å². The molecule has 3 nitrogen and oxygen atoms in total. The van der Waals surface area contributed by atoms with E-state index in [2.05, 4.69) is 0 Å². The summed E-state index contributed by atoms with van der Waals surface area (Å²) >= 11 is 0. The molecule has 0 fully saturated rings. The smallest absolute Gasteiger partial charge is 0.231 e. The predicted octanol–water partition coefficient (Wildman–Crippen LogP) is 3.45. The van der Waals surface area contributed by atoms with Gasteiger partial charge < -0.3 is 9.47 Å². The third-order valence-corrected chi connectivity index (χ3v) is 2.97. The Hall–Kier alpha value is -2.62. The van der Waals surface area contributed by atoms with E-state index in [1.54, 1.807) is 6.08 Å². The van der Waals surface area contributed by atoms with Gasteiger partial charge in [-0.3, -0.25) is 4.79 Å². The van der Waals surface area contributed by atoms with E-state index in [1.165, 1.54) is 30.3 Å². The number of halogens is 1. The Morgan fingerprint density at radius 3 is 2.70 bits per heavy atom. The van der Waals surface area contributed by atoms with Crippen molar-refractivity contribution in [1.82, 2.24) is 0 Å². The molecule has 0 radical (unpaired) electrons. The highest BCUT2D eigenvalue weighted by atomic mass is 19.1. The molecule has 0 N–H and O–H groups in total. The molecule has 0 spiro atoms. The molecule has 0 atom stereocenters. The molecule has 0 bridgehead atoms. The number of carbonyl (C=O) groups excluding carboxylic acids is 1. The fourth-order valence-corrected chi connectivity index (χ4v) is 1.96. The summed E-state index contributed by atoms with van der Waals surface area (Å²) in [6.45, 7) is 0.187. The summed E-state index contributed by atoms with van der Waals surface area (Å²) < 4.78 is 23.4. The third-order valence-electron chi connectivity index (χ3n) is 2.97. The second-order valence-electron chi connectivity index (χ2n) is 4.29. The lowest BCUT2D eigenvalue weighted by Gasteiger charge is -2.00. The number of benzene rings is 2. The van der Waals surface area contributed by atoms with E-state index in [0.29, 0.717) is 17.1 Å². The first-order chi connectivity index (χ1) is 9.74. The molecule has 2 aromatic carbocycles. The van der Waals surface area contributed by atoms with Crippen molar-refractivity contribution in [2.75, 3.05) is 6.79 Å². The number of carbonyl (C=O) groups is 1. The van der Waals surface area contributed by atoms with Crippen LogP contribution in [0.3, 0.4) is 0 Å². The SMILES string of the molecule is O=C(/C=C/c1cccc2c1OCO2)c1ccc(F)cc1. The molecule has 100 valence electrons. The molecule has 1 aliphatic rings. The van der Waals surface area contributed by atoms with Crippen LogP contribution < -0.4 is 9.47 Å². The average molecular weight is 270 g/mol. The molecule has 20 heavy (non-hydrogen) atoms. The van der Waals surface area contributed by atoms with Crippen molar-refractivity contribution < 1.29 is 18.7 Å². The van der Waals surface area contributed by atoms with Crippen LogP contribution in [0.15, 0.2) is 48.5 Å². The summed E-state index contributed by atoms with van der Waals surface area (Å²) in [5.41, 5.74) is 1.21. The standard InChI is InChI=1S/C16H11FO3/c17-13-7-4-11(5-8-13)14(18)9-6-12-2-1-3-15-16(12)20-10-19-15/h1-9H,10H2/b9-6+. The van der Waals surface area contributed by atoms with Crippen LogP contribution >= 0.6 is 0 Å². The molecule has 4 heteroatoms. The Morgan fingerprint density at radius 1 is 1.10 bits per heavy atom. The fourth-order valence-electron chi connectivity index (χ4n) is 1.96. The number of hydrogen-bond acceptors (Lipinski definition) is 3. The average Bonchev–Trinajstić information content (AvgIpc) is 2.94. The van der Waals surface area contributed by atoms with Gasteiger partial charge in [0.2, 0.25) is 6.79 Å². The highest BCUT2D eigenvalue weighted by Gasteiger charge is 2.15. The van der Waals surface area contributed by atoms with Crippen molar-refractivity contribution in [3.8, 4) is 11.5 Å². The van der Waals surface area contributed by atoms with Crippen molar-refractivity contribution in [2.24, 2.45) is 0 Å². The summed E-state index contributed by atoms with van der Waals surface area (Å²) in [5, 5.41) is 0. The minimum atomic E-state index is -0.364. The topological polar surface area (TPSA) is 35.5 Å². The van der Waals surface area contributed by atoms with Crippen molar-refractivity contribution in [2.45, 2.75) is 0 Å². The largest absolute Gasteiger partial charge is 0.454 e. The zero-order valence-electron chi connectivity index (χ0n) is 10.5. The Balaban J connectivity index is 1.82. The van der Waals surface area contributed by atoms with Crippen LogP contribution in [0.25, 0.3) is 6.08 Å². The van der Waals surface area contributed by atoms with Crippen LogP contribution in [0, 0.1) is 5.82 Å². The van der Waals surface area contributed by atoms with Crippen molar-refractivity contribution in [3.63, 3.8) is 0 Å². The molecule has 1 heterocycles. The number of allylic oxidation sites excluding steroid dienone is 1. The van der Waals surface area contributed by atoms with Gasteiger partial charge in [0.05, 0.1) is 0 Å². The van der Waals surface area contributed by atoms with Gasteiger partial charge in [-0.15, -0.1) is 0 Å². The van der Waals surface area contributed by atoms with Gasteiger partial charge >= 0.3 is 0 Å². The number of rotatable bonds is 3. The first-order valence-electron chi connectivity index (χ1n) is 6.10. The Bertz CT molecular complexity index is 675. The molecular formula is C16H11FO3. The summed E-state index contributed by atoms with van der Waals surface area (Å²) in [7, 11) is 0. The highest BCUT2D eigenvalue weighted by molar-refractivity contribution is 6.06. The molecule has 1 aliphatic heterocycles. The monoisotopic (exact) mass is 270 g/mol. The van der Waals surface area contributed by atoms with Gasteiger partial charge in [0.1, 0.15) is 5.82 Å². The second-order valence-corrected chi connectivity index (χ2v) is 4.29. The van der Waals surface area contributed by atoms with Crippen LogP contribution in [0.4, 0.5) is 4.39 Å². The lowest BCUT2D eigenvalue weighted by Crippen LogP contribution is -1.95. The van der Waals surface area contributed by atoms with Crippen molar-refractivity contribution in [3.05, 3.63) is 65.5 Å². The van der Waals surface area contributed by atoms with Gasteiger partial charge in [0.25, 0.3) is 0 Å². The Labute approximate surface area is 115 Å². The van der Waals surface area contributed by atoms with E-state index in [4.69, 9.17) is 9.47 Å². The maximum atomic E-state index is 12.8. The van der Waals surface area contributed by atoms with Crippen LogP contribution in [-0.4, -0.2) is 12.6 Å². The van der Waals surface area contributed by atoms with E-state index in [-0.39, 0.29) is 18.4 Å². The van der Waals surface area contributed by atoms with E-state index in [1.807, 2.05) is 18.2 Å². The molecule has 0 saturated carbocycles. The Morgan fingerprint density at radius 2 is 1.90 bits per heavy atom. The van der Waals surface area contributed by atoms with Gasteiger partial charge in [-0.2, -0.15) is 0 Å². The quantitative estimate of drug-likeness (QED) is 0.633. The van der Waals surface area contributed by atoms with Crippen LogP contribution in [0.1, 0.15) is 15.9 Å². The summed E-state index contributed by atoms with van der Waals surface area (Å²) in [6.07, 6.45) is 3.10. The van der Waals surface area contributed by atoms with E-state index in [0.717, 1.165) is 5.56 Å². The third kappa shape index (κ3) is 2.40. The van der Waals surface area contributed by atoms with E-state index in [9.17, 15) is 9.18 Å². The number of fused-ring (bicyclic) bond motifs is 1. The van der Waals surface area contributed by atoms with E-state index < -0.39 is 0 Å². The van der Waals surface area contributed by atoms with Crippen LogP contribution in [0.5, 0.6) is 11.5 Å². The normalized spacial score (nSPS) is 12.8. The first kappa shape index (κ1) is 12.4. The highest BCUT2D eigenvalue weighted by Crippen LogP contribution is 2.35. The number of hydrogen-bond donors (Lipinski definition) is 0. The zero-order valence-corrected chi connectivity index (χ0v) is 10.5. The van der Waals surface area contributed by atoms with Crippen molar-refractivity contribution in [1.29, 1.82) is 0 Å². The minimum Gasteiger partial charge on any atom is -0.454 e. The lowest BCUT2D eigenvalue weighted by molar-refractivity contribution is 0.104. The number of ether oxygens (including phenoxy) is 2. The lowest BCUT2D eigenvalue weighted by atomic mass is 10.1. The fraction of sp³-hybridized carbons (Fsp3) is 0.0625. The van der Waals surface area contributed by atoms with Crippen LogP contribution in [-0.2, 0) is 0 Å². The molecule has 0 aliphatic carbocycles. The molecule has 2 aromatic rings. The van der Waals surface area contributed by atoms with Crippen LogP contribution in [0.2, 0.25) is 0 Å². The first-order valence-corrected chi connectivity index (χ1v) is 6.10. The molecule has 0 saturated heterocycles.